The van der Waals surface area contributed by atoms with E-state index in [4.69, 9.17) is 4.74 Å². The summed E-state index contributed by atoms with van der Waals surface area (Å²) in [5, 5.41) is 2.41. The first-order chi connectivity index (χ1) is 13.4. The molecule has 28 heavy (non-hydrogen) atoms. The van der Waals surface area contributed by atoms with Crippen LogP contribution in [0.25, 0.3) is 0 Å². The summed E-state index contributed by atoms with van der Waals surface area (Å²) in [6.45, 7) is 6.81. The minimum atomic E-state index is -0.693. The van der Waals surface area contributed by atoms with Gasteiger partial charge >= 0.3 is 6.03 Å². The summed E-state index contributed by atoms with van der Waals surface area (Å²) < 4.78 is 32.4. The zero-order valence-corrected chi connectivity index (χ0v) is 16.0. The summed E-state index contributed by atoms with van der Waals surface area (Å²) >= 11 is 0. The highest BCUT2D eigenvalue weighted by Crippen LogP contribution is 2.20. The van der Waals surface area contributed by atoms with Gasteiger partial charge in [0.25, 0.3) is 0 Å². The number of morpholine rings is 1. The van der Waals surface area contributed by atoms with Crippen molar-refractivity contribution in [3.05, 3.63) is 29.8 Å². The van der Waals surface area contributed by atoms with Crippen LogP contribution >= 0.6 is 0 Å². The van der Waals surface area contributed by atoms with Gasteiger partial charge in [-0.1, -0.05) is 0 Å². The van der Waals surface area contributed by atoms with Gasteiger partial charge in [-0.15, -0.1) is 0 Å². The third-order valence-electron chi connectivity index (χ3n) is 5.23. The molecule has 2 fully saturated rings. The Balaban J connectivity index is 1.54. The van der Waals surface area contributed by atoms with E-state index in [1.807, 2.05) is 0 Å². The Morgan fingerprint density at radius 3 is 2.71 bits per heavy atom. The fraction of sp³-hybridized carbons (Fsp3) is 0.579. The van der Waals surface area contributed by atoms with Gasteiger partial charge < -0.3 is 19.9 Å². The summed E-state index contributed by atoms with van der Waals surface area (Å²) in [6, 6.07) is 2.34. The van der Waals surface area contributed by atoms with E-state index in [1.54, 1.807) is 4.90 Å². The Morgan fingerprint density at radius 1 is 1.25 bits per heavy atom. The number of benzene rings is 1. The van der Waals surface area contributed by atoms with Gasteiger partial charge in [0, 0.05) is 52.3 Å². The van der Waals surface area contributed by atoms with Gasteiger partial charge in [0.05, 0.1) is 24.9 Å². The van der Waals surface area contributed by atoms with Gasteiger partial charge in [-0.2, -0.15) is 0 Å². The molecule has 2 aliphatic rings. The summed E-state index contributed by atoms with van der Waals surface area (Å²) in [4.78, 5) is 30.1. The van der Waals surface area contributed by atoms with Crippen LogP contribution in [0.1, 0.15) is 13.3 Å². The number of carbonyl (C=O) groups is 2. The van der Waals surface area contributed by atoms with Crippen molar-refractivity contribution in [1.29, 1.82) is 0 Å². The summed E-state index contributed by atoms with van der Waals surface area (Å²) in [5.74, 6) is -1.35. The number of hydrogen-bond donors (Lipinski definition) is 1. The van der Waals surface area contributed by atoms with Crippen LogP contribution in [0.5, 0.6) is 0 Å². The molecule has 1 aromatic carbocycles. The molecule has 0 aromatic heterocycles. The van der Waals surface area contributed by atoms with Crippen LogP contribution in [0.15, 0.2) is 18.2 Å². The summed E-state index contributed by atoms with van der Waals surface area (Å²) in [7, 11) is 0. The third-order valence-corrected chi connectivity index (χ3v) is 5.23. The Labute approximate surface area is 163 Å². The molecular formula is C19H26F2N4O3. The summed E-state index contributed by atoms with van der Waals surface area (Å²) in [5.41, 5.74) is -0.191. The number of carbonyl (C=O) groups excluding carboxylic acids is 2. The predicted molar refractivity (Wildman–Crippen MR) is 100 cm³/mol. The monoisotopic (exact) mass is 396 g/mol. The van der Waals surface area contributed by atoms with Crippen molar-refractivity contribution in [3.8, 4) is 0 Å². The average Bonchev–Trinajstić information content (AvgIpc) is 3.15. The molecule has 3 amide bonds. The molecular weight excluding hydrogens is 370 g/mol. The van der Waals surface area contributed by atoms with Gasteiger partial charge in [0.1, 0.15) is 11.6 Å². The second-order valence-electron chi connectivity index (χ2n) is 7.11. The Kier molecular flexibility index (Phi) is 6.79. The Morgan fingerprint density at radius 2 is 2.00 bits per heavy atom. The molecule has 3 rings (SSSR count). The first-order valence-electron chi connectivity index (χ1n) is 9.52. The first kappa shape index (κ1) is 20.5. The molecule has 1 atom stereocenters. The molecule has 0 aliphatic carbocycles. The Bertz CT molecular complexity index is 712. The van der Waals surface area contributed by atoms with Crippen LogP contribution in [0.3, 0.4) is 0 Å². The number of urea groups is 1. The van der Waals surface area contributed by atoms with E-state index in [-0.39, 0.29) is 17.6 Å². The number of amides is 3. The lowest BCUT2D eigenvalue weighted by Gasteiger charge is -2.32. The quantitative estimate of drug-likeness (QED) is 0.824. The van der Waals surface area contributed by atoms with Crippen molar-refractivity contribution < 1.29 is 23.1 Å². The number of anilines is 1. The van der Waals surface area contributed by atoms with Gasteiger partial charge in [-0.3, -0.25) is 9.69 Å². The number of hydrogen-bond acceptors (Lipinski definition) is 4. The topological polar surface area (TPSA) is 65.1 Å². The zero-order chi connectivity index (χ0) is 20.1. The predicted octanol–water partition coefficient (Wildman–Crippen LogP) is 1.75. The van der Waals surface area contributed by atoms with E-state index in [0.717, 1.165) is 37.8 Å². The van der Waals surface area contributed by atoms with Crippen LogP contribution in [0.4, 0.5) is 19.3 Å². The zero-order valence-electron chi connectivity index (χ0n) is 16.0. The first-order valence-corrected chi connectivity index (χ1v) is 9.52. The molecule has 154 valence electrons. The van der Waals surface area contributed by atoms with Crippen LogP contribution in [0.2, 0.25) is 0 Å². The van der Waals surface area contributed by atoms with E-state index in [0.29, 0.717) is 39.3 Å². The van der Waals surface area contributed by atoms with E-state index < -0.39 is 17.7 Å². The van der Waals surface area contributed by atoms with Crippen LogP contribution < -0.4 is 5.32 Å². The van der Waals surface area contributed by atoms with Gasteiger partial charge in [-0.05, 0) is 18.6 Å². The van der Waals surface area contributed by atoms with Crippen molar-refractivity contribution in [1.82, 2.24) is 14.7 Å². The molecule has 0 radical (unpaired) electrons. The Hall–Kier alpha value is -2.26. The highest BCUT2D eigenvalue weighted by atomic mass is 19.1. The number of rotatable bonds is 5. The highest BCUT2D eigenvalue weighted by molar-refractivity contribution is 5.89. The van der Waals surface area contributed by atoms with E-state index >= 15 is 0 Å². The van der Waals surface area contributed by atoms with Gasteiger partial charge in [-0.25, -0.2) is 13.6 Å². The van der Waals surface area contributed by atoms with Crippen molar-refractivity contribution >= 4 is 17.6 Å². The van der Waals surface area contributed by atoms with Crippen molar-refractivity contribution in [2.45, 2.75) is 19.4 Å². The van der Waals surface area contributed by atoms with Crippen LogP contribution in [-0.4, -0.2) is 85.2 Å². The SMILES string of the molecule is CC(=O)N(CCN1CCOCC1)C1CCN(C(=O)Nc2cc(F)ccc2F)C1. The maximum absolute atomic E-state index is 13.7. The van der Waals surface area contributed by atoms with E-state index in [9.17, 15) is 18.4 Å². The van der Waals surface area contributed by atoms with Crippen LogP contribution in [-0.2, 0) is 9.53 Å². The molecule has 9 heteroatoms. The number of likely N-dealkylation sites (tertiary alicyclic amines) is 1. The maximum atomic E-state index is 13.7. The third kappa shape index (κ3) is 5.17. The highest BCUT2D eigenvalue weighted by Gasteiger charge is 2.32. The molecule has 2 saturated heterocycles. The molecule has 2 heterocycles. The molecule has 0 spiro atoms. The molecule has 7 nitrogen and oxygen atoms in total. The minimum Gasteiger partial charge on any atom is -0.379 e. The smallest absolute Gasteiger partial charge is 0.321 e. The molecule has 1 N–H and O–H groups in total. The molecule has 0 bridgehead atoms. The molecule has 1 aromatic rings. The molecule has 2 aliphatic heterocycles. The maximum Gasteiger partial charge on any atom is 0.321 e. The number of nitrogens with one attached hydrogen (secondary N) is 1. The average molecular weight is 396 g/mol. The number of ether oxygens (including phenoxy) is 1. The van der Waals surface area contributed by atoms with Crippen molar-refractivity contribution in [3.63, 3.8) is 0 Å². The lowest BCUT2D eigenvalue weighted by molar-refractivity contribution is -0.131. The fourth-order valence-corrected chi connectivity index (χ4v) is 3.64. The van der Waals surface area contributed by atoms with Gasteiger partial charge in [0.2, 0.25) is 5.91 Å². The van der Waals surface area contributed by atoms with Crippen molar-refractivity contribution in [2.24, 2.45) is 0 Å². The fourth-order valence-electron chi connectivity index (χ4n) is 3.64. The lowest BCUT2D eigenvalue weighted by Crippen LogP contribution is -2.47. The molecule has 0 saturated carbocycles. The van der Waals surface area contributed by atoms with E-state index in [1.165, 1.54) is 11.8 Å². The second-order valence-corrected chi connectivity index (χ2v) is 7.11. The standard InChI is InChI=1S/C19H26F2N4O3/c1-14(26)25(7-6-23-8-10-28-11-9-23)16-4-5-24(13-16)19(27)22-18-12-15(20)2-3-17(18)21/h2-3,12,16H,4-11,13H2,1H3,(H,22,27). The summed E-state index contributed by atoms with van der Waals surface area (Å²) in [6.07, 6.45) is 0.655. The van der Waals surface area contributed by atoms with Crippen molar-refractivity contribution in [2.75, 3.05) is 57.8 Å². The van der Waals surface area contributed by atoms with Gasteiger partial charge in [0.15, 0.2) is 0 Å². The normalized spacial score (nSPS) is 20.2. The lowest BCUT2D eigenvalue weighted by atomic mass is 10.2. The molecule has 1 unspecified atom stereocenters. The number of nitrogens with zero attached hydrogens (tertiary/aromatic N) is 3. The minimum absolute atomic E-state index is 0.0308. The number of halogens is 2. The van der Waals surface area contributed by atoms with Crippen LogP contribution in [0, 0.1) is 11.6 Å². The van der Waals surface area contributed by atoms with E-state index in [2.05, 4.69) is 10.2 Å². The second kappa shape index (κ2) is 9.29. The largest absolute Gasteiger partial charge is 0.379 e.